The van der Waals surface area contributed by atoms with Crippen molar-refractivity contribution in [3.63, 3.8) is 0 Å². The minimum atomic E-state index is 0.304. The van der Waals surface area contributed by atoms with Gasteiger partial charge in [0.05, 0.1) is 7.11 Å². The smallest absolute Gasteiger partial charge is 0.222 e. The molecule has 1 aliphatic rings. The van der Waals surface area contributed by atoms with Gasteiger partial charge in [-0.15, -0.1) is 0 Å². The highest BCUT2D eigenvalue weighted by molar-refractivity contribution is 5.78. The van der Waals surface area contributed by atoms with Gasteiger partial charge in [-0.05, 0) is 49.1 Å². The third-order valence-corrected chi connectivity index (χ3v) is 5.05. The van der Waals surface area contributed by atoms with Crippen molar-refractivity contribution in [2.45, 2.75) is 38.3 Å². The lowest BCUT2D eigenvalue weighted by molar-refractivity contribution is -0.129. The van der Waals surface area contributed by atoms with Crippen LogP contribution in [-0.2, 0) is 17.8 Å². The van der Waals surface area contributed by atoms with Gasteiger partial charge in [-0.25, -0.2) is 0 Å². The van der Waals surface area contributed by atoms with Crippen molar-refractivity contribution in [2.24, 2.45) is 0 Å². The molecular weight excluding hydrogens is 324 g/mol. The predicted octanol–water partition coefficient (Wildman–Crippen LogP) is 3.41. The molecule has 4 nitrogen and oxygen atoms in total. The fourth-order valence-electron chi connectivity index (χ4n) is 3.58. The van der Waals surface area contributed by atoms with E-state index in [4.69, 9.17) is 4.74 Å². The molecule has 26 heavy (non-hydrogen) atoms. The summed E-state index contributed by atoms with van der Waals surface area (Å²) in [6.07, 6.45) is 3.61. The molecule has 1 saturated heterocycles. The molecule has 0 spiro atoms. The van der Waals surface area contributed by atoms with Gasteiger partial charge in [-0.2, -0.15) is 0 Å². The predicted molar refractivity (Wildman–Crippen MR) is 104 cm³/mol. The van der Waals surface area contributed by atoms with E-state index in [1.165, 1.54) is 11.1 Å². The van der Waals surface area contributed by atoms with Gasteiger partial charge in [0.15, 0.2) is 0 Å². The summed E-state index contributed by atoms with van der Waals surface area (Å²) in [4.78, 5) is 14.3. The monoisotopic (exact) mass is 352 g/mol. The number of carbonyl (C=O) groups is 1. The number of amides is 1. The Morgan fingerprint density at radius 1 is 1.12 bits per heavy atom. The van der Waals surface area contributed by atoms with Gasteiger partial charge in [-0.1, -0.05) is 42.5 Å². The van der Waals surface area contributed by atoms with Crippen LogP contribution in [-0.4, -0.2) is 37.0 Å². The lowest BCUT2D eigenvalue weighted by Crippen LogP contribution is -2.36. The molecule has 1 aliphatic heterocycles. The van der Waals surface area contributed by atoms with Crippen LogP contribution < -0.4 is 10.1 Å². The highest BCUT2D eigenvalue weighted by Gasteiger charge is 2.29. The molecule has 3 rings (SSSR count). The minimum Gasteiger partial charge on any atom is -0.497 e. The van der Waals surface area contributed by atoms with E-state index in [-0.39, 0.29) is 0 Å². The van der Waals surface area contributed by atoms with Crippen molar-refractivity contribution in [3.8, 4) is 5.75 Å². The average molecular weight is 352 g/mol. The lowest BCUT2D eigenvalue weighted by Gasteiger charge is -2.25. The van der Waals surface area contributed by atoms with Crippen LogP contribution in [0.3, 0.4) is 0 Å². The second kappa shape index (κ2) is 9.39. The van der Waals surface area contributed by atoms with Crippen molar-refractivity contribution in [2.75, 3.05) is 20.2 Å². The molecule has 1 N–H and O–H groups in total. The molecule has 0 aromatic heterocycles. The molecule has 0 radical (unpaired) electrons. The average Bonchev–Trinajstić information content (AvgIpc) is 3.04. The molecule has 138 valence electrons. The Labute approximate surface area is 156 Å². The number of nitrogens with one attached hydrogen (secondary N) is 1. The van der Waals surface area contributed by atoms with Crippen LogP contribution in [0, 0.1) is 0 Å². The molecule has 2 aromatic rings. The first kappa shape index (κ1) is 18.5. The summed E-state index contributed by atoms with van der Waals surface area (Å²) in [6.45, 7) is 2.56. The normalized spacial score (nSPS) is 16.9. The summed E-state index contributed by atoms with van der Waals surface area (Å²) >= 11 is 0. The van der Waals surface area contributed by atoms with E-state index in [9.17, 15) is 4.79 Å². The zero-order valence-electron chi connectivity index (χ0n) is 15.5. The van der Waals surface area contributed by atoms with E-state index < -0.39 is 0 Å². The summed E-state index contributed by atoms with van der Waals surface area (Å²) in [5.74, 6) is 1.19. The Balaban J connectivity index is 1.43. The van der Waals surface area contributed by atoms with Crippen molar-refractivity contribution in [1.82, 2.24) is 10.2 Å². The van der Waals surface area contributed by atoms with Gasteiger partial charge < -0.3 is 15.0 Å². The van der Waals surface area contributed by atoms with Gasteiger partial charge in [0, 0.05) is 25.6 Å². The first-order valence-corrected chi connectivity index (χ1v) is 9.43. The van der Waals surface area contributed by atoms with E-state index in [1.54, 1.807) is 7.11 Å². The number of hydrogen-bond acceptors (Lipinski definition) is 3. The van der Waals surface area contributed by atoms with Gasteiger partial charge >= 0.3 is 0 Å². The number of nitrogens with zero attached hydrogens (tertiary/aromatic N) is 1. The third kappa shape index (κ3) is 5.09. The maximum absolute atomic E-state index is 12.2. The van der Waals surface area contributed by atoms with E-state index in [1.807, 2.05) is 18.2 Å². The largest absolute Gasteiger partial charge is 0.497 e. The summed E-state index contributed by atoms with van der Waals surface area (Å²) in [7, 11) is 1.69. The van der Waals surface area contributed by atoms with Gasteiger partial charge in [0.1, 0.15) is 5.75 Å². The van der Waals surface area contributed by atoms with Crippen molar-refractivity contribution < 1.29 is 9.53 Å². The standard InChI is InChI=1S/C22H28N2O2/c1-26-21-9-5-8-19(16-21)17-23-14-12-20-10-11-22(25)24(20)15-13-18-6-3-2-4-7-18/h2-9,16,20,23H,10-15,17H2,1H3/t20-/m0/s1. The number of rotatable bonds is 9. The van der Waals surface area contributed by atoms with E-state index in [2.05, 4.69) is 46.6 Å². The lowest BCUT2D eigenvalue weighted by atomic mass is 10.1. The molecular formula is C22H28N2O2. The molecule has 4 heteroatoms. The summed E-state index contributed by atoms with van der Waals surface area (Å²) in [5, 5.41) is 3.50. The fourth-order valence-corrected chi connectivity index (χ4v) is 3.58. The fraction of sp³-hybridized carbons (Fsp3) is 0.409. The van der Waals surface area contributed by atoms with Gasteiger partial charge in [0.25, 0.3) is 0 Å². The van der Waals surface area contributed by atoms with Crippen LogP contribution >= 0.6 is 0 Å². The maximum atomic E-state index is 12.2. The van der Waals surface area contributed by atoms with Crippen LogP contribution in [0.1, 0.15) is 30.4 Å². The zero-order chi connectivity index (χ0) is 18.2. The summed E-state index contributed by atoms with van der Waals surface area (Å²) < 4.78 is 5.26. The topological polar surface area (TPSA) is 41.6 Å². The van der Waals surface area contributed by atoms with Crippen LogP contribution in [0.25, 0.3) is 0 Å². The minimum absolute atomic E-state index is 0.304. The quantitative estimate of drug-likeness (QED) is 0.703. The number of methoxy groups -OCH3 is 1. The molecule has 1 atom stereocenters. The van der Waals surface area contributed by atoms with Crippen LogP contribution in [0.15, 0.2) is 54.6 Å². The van der Waals surface area contributed by atoms with Gasteiger partial charge in [-0.3, -0.25) is 4.79 Å². The third-order valence-electron chi connectivity index (χ3n) is 5.05. The number of carbonyl (C=O) groups excluding carboxylic acids is 1. The molecule has 1 fully saturated rings. The van der Waals surface area contributed by atoms with Crippen LogP contribution in [0.5, 0.6) is 5.75 Å². The van der Waals surface area contributed by atoms with Crippen LogP contribution in [0.2, 0.25) is 0 Å². The number of ether oxygens (including phenoxy) is 1. The zero-order valence-corrected chi connectivity index (χ0v) is 15.5. The molecule has 0 saturated carbocycles. The Kier molecular flexibility index (Phi) is 6.67. The van der Waals surface area contributed by atoms with E-state index in [0.717, 1.165) is 44.6 Å². The molecule has 0 unspecified atom stereocenters. The van der Waals surface area contributed by atoms with Crippen LogP contribution in [0.4, 0.5) is 0 Å². The summed E-state index contributed by atoms with van der Waals surface area (Å²) in [6, 6.07) is 18.9. The Morgan fingerprint density at radius 3 is 2.73 bits per heavy atom. The Hall–Kier alpha value is -2.33. The van der Waals surface area contributed by atoms with E-state index in [0.29, 0.717) is 18.4 Å². The van der Waals surface area contributed by atoms with Gasteiger partial charge in [0.2, 0.25) is 5.91 Å². The second-order valence-corrected chi connectivity index (χ2v) is 6.83. The highest BCUT2D eigenvalue weighted by Crippen LogP contribution is 2.21. The Morgan fingerprint density at radius 2 is 1.92 bits per heavy atom. The maximum Gasteiger partial charge on any atom is 0.222 e. The highest BCUT2D eigenvalue weighted by atomic mass is 16.5. The number of likely N-dealkylation sites (tertiary alicyclic amines) is 1. The molecule has 0 bridgehead atoms. The molecule has 0 aliphatic carbocycles. The van der Waals surface area contributed by atoms with E-state index >= 15 is 0 Å². The number of hydrogen-bond donors (Lipinski definition) is 1. The second-order valence-electron chi connectivity index (χ2n) is 6.83. The molecule has 1 heterocycles. The number of benzene rings is 2. The molecule has 2 aromatic carbocycles. The van der Waals surface area contributed by atoms with Crippen molar-refractivity contribution in [3.05, 3.63) is 65.7 Å². The van der Waals surface area contributed by atoms with Crippen molar-refractivity contribution >= 4 is 5.91 Å². The first-order valence-electron chi connectivity index (χ1n) is 9.43. The molecule has 1 amide bonds. The Bertz CT molecular complexity index is 702. The first-order chi connectivity index (χ1) is 12.8. The SMILES string of the molecule is COc1cccc(CNCC[C@@H]2CCC(=O)N2CCc2ccccc2)c1. The summed E-state index contributed by atoms with van der Waals surface area (Å²) in [5.41, 5.74) is 2.51. The van der Waals surface area contributed by atoms with Crippen molar-refractivity contribution in [1.29, 1.82) is 0 Å².